The normalized spacial score (nSPS) is 11.8. The van der Waals surface area contributed by atoms with Gasteiger partial charge < -0.3 is 9.13 Å². The van der Waals surface area contributed by atoms with Crippen molar-refractivity contribution >= 4 is 65.2 Å². The Bertz CT molecular complexity index is 3530. The van der Waals surface area contributed by atoms with Crippen LogP contribution >= 0.6 is 0 Å². The summed E-state index contributed by atoms with van der Waals surface area (Å²) in [5, 5.41) is 10.1. The van der Waals surface area contributed by atoms with Gasteiger partial charge in [0.05, 0.1) is 22.1 Å². The summed E-state index contributed by atoms with van der Waals surface area (Å²) in [5.41, 5.74) is 14.4. The molecule has 0 saturated carbocycles. The molecule has 0 radical (unpaired) electrons. The number of hydrogen-bond acceptors (Lipinski definition) is 0. The second-order valence-electron chi connectivity index (χ2n) is 15.3. The maximum Gasteiger partial charge on any atom is 0.0541 e. The predicted octanol–water partition coefficient (Wildman–Crippen LogP) is 15.2. The summed E-state index contributed by atoms with van der Waals surface area (Å²) < 4.78 is 4.81. The molecule has 12 aromatic rings. The van der Waals surface area contributed by atoms with Crippen LogP contribution in [-0.2, 0) is 0 Å². The SMILES string of the molecule is c1ccc(-c2ccc(-n3c4ccc(-c5ccc6c(c5)c5ccccc5n6-c5ccccc5)cc4c4cc(-c5cc6ccccc6c6ccccc56)ccc43)cc2)cc1. The Morgan fingerprint density at radius 2 is 0.655 bits per heavy atom. The van der Waals surface area contributed by atoms with Gasteiger partial charge in [0.15, 0.2) is 0 Å². The molecule has 12 rings (SSSR count). The standard InChI is InChI=1S/C56H36N2/c1-3-13-37(14-4-1)38-23-28-44(29-24-38)58-55-31-26-40(39-25-30-54-50(33-39)48-21-11-12-22-53(48)57(54)43-16-5-2-6-17-43)34-51(55)52-36-42(27-32-56(52)58)49-35-41-15-7-8-18-45(41)46-19-9-10-20-47(46)49/h1-36H. The molecule has 270 valence electrons. The zero-order valence-electron chi connectivity index (χ0n) is 31.7. The first-order chi connectivity index (χ1) is 28.8. The number of para-hydroxylation sites is 2. The van der Waals surface area contributed by atoms with Crippen LogP contribution in [0.3, 0.4) is 0 Å². The Hall–Kier alpha value is -7.68. The van der Waals surface area contributed by atoms with Crippen molar-refractivity contribution in [3.63, 3.8) is 0 Å². The Morgan fingerprint density at radius 3 is 1.33 bits per heavy atom. The second-order valence-corrected chi connectivity index (χ2v) is 15.3. The Kier molecular flexibility index (Phi) is 7.26. The lowest BCUT2D eigenvalue weighted by Crippen LogP contribution is -1.94. The molecule has 2 aromatic heterocycles. The van der Waals surface area contributed by atoms with Gasteiger partial charge in [-0.2, -0.15) is 0 Å². The van der Waals surface area contributed by atoms with Gasteiger partial charge in [-0.05, 0) is 128 Å². The lowest BCUT2D eigenvalue weighted by Gasteiger charge is -2.12. The van der Waals surface area contributed by atoms with E-state index in [1.165, 1.54) is 104 Å². The van der Waals surface area contributed by atoms with Crippen molar-refractivity contribution < 1.29 is 0 Å². The molecule has 0 aliphatic rings. The minimum atomic E-state index is 1.14. The molecule has 2 heteroatoms. The summed E-state index contributed by atoms with van der Waals surface area (Å²) in [7, 11) is 0. The highest BCUT2D eigenvalue weighted by molar-refractivity contribution is 6.17. The summed E-state index contributed by atoms with van der Waals surface area (Å²) in [6, 6.07) is 80.0. The second kappa shape index (κ2) is 12.9. The van der Waals surface area contributed by atoms with Gasteiger partial charge in [0, 0.05) is 32.9 Å². The van der Waals surface area contributed by atoms with Gasteiger partial charge >= 0.3 is 0 Å². The molecule has 0 unspecified atom stereocenters. The maximum absolute atomic E-state index is 2.43. The number of benzene rings is 10. The lowest BCUT2D eigenvalue weighted by molar-refractivity contribution is 1.18. The Balaban J connectivity index is 1.08. The highest BCUT2D eigenvalue weighted by Crippen LogP contribution is 2.41. The topological polar surface area (TPSA) is 9.86 Å². The van der Waals surface area contributed by atoms with E-state index >= 15 is 0 Å². The molecule has 0 spiro atoms. The quantitative estimate of drug-likeness (QED) is 0.156. The molecule has 0 aliphatic heterocycles. The van der Waals surface area contributed by atoms with Gasteiger partial charge in [-0.25, -0.2) is 0 Å². The number of aromatic nitrogens is 2. The van der Waals surface area contributed by atoms with Crippen LogP contribution in [0.25, 0.3) is 110 Å². The van der Waals surface area contributed by atoms with Crippen molar-refractivity contribution in [1.82, 2.24) is 9.13 Å². The third-order valence-corrected chi connectivity index (χ3v) is 12.1. The lowest BCUT2D eigenvalue weighted by atomic mass is 9.92. The van der Waals surface area contributed by atoms with Crippen molar-refractivity contribution in [1.29, 1.82) is 0 Å². The first kappa shape index (κ1) is 32.6. The van der Waals surface area contributed by atoms with E-state index in [1.54, 1.807) is 0 Å². The molecule has 58 heavy (non-hydrogen) atoms. The zero-order valence-corrected chi connectivity index (χ0v) is 31.7. The summed E-state index contributed by atoms with van der Waals surface area (Å²) in [6.07, 6.45) is 0. The van der Waals surface area contributed by atoms with Crippen LogP contribution < -0.4 is 0 Å². The minimum Gasteiger partial charge on any atom is -0.309 e. The molecule has 2 heterocycles. The molecule has 2 nitrogen and oxygen atoms in total. The monoisotopic (exact) mass is 736 g/mol. The third-order valence-electron chi connectivity index (χ3n) is 12.1. The molecule has 10 aromatic carbocycles. The molecular formula is C56H36N2. The fourth-order valence-electron chi connectivity index (χ4n) is 9.38. The molecule has 0 N–H and O–H groups in total. The van der Waals surface area contributed by atoms with Crippen molar-refractivity contribution in [2.45, 2.75) is 0 Å². The first-order valence-corrected chi connectivity index (χ1v) is 20.0. The minimum absolute atomic E-state index is 1.14. The van der Waals surface area contributed by atoms with Crippen LogP contribution in [0.4, 0.5) is 0 Å². The van der Waals surface area contributed by atoms with Crippen LogP contribution in [0.2, 0.25) is 0 Å². The first-order valence-electron chi connectivity index (χ1n) is 20.0. The Morgan fingerprint density at radius 1 is 0.224 bits per heavy atom. The largest absolute Gasteiger partial charge is 0.309 e. The fraction of sp³-hybridized carbons (Fsp3) is 0. The molecule has 0 atom stereocenters. The van der Waals surface area contributed by atoms with Crippen molar-refractivity contribution in [2.24, 2.45) is 0 Å². The molecule has 0 fully saturated rings. The van der Waals surface area contributed by atoms with Gasteiger partial charge in [-0.3, -0.25) is 0 Å². The number of hydrogen-bond donors (Lipinski definition) is 0. The molecular weight excluding hydrogens is 701 g/mol. The van der Waals surface area contributed by atoms with E-state index in [-0.39, 0.29) is 0 Å². The van der Waals surface area contributed by atoms with Gasteiger partial charge in [-0.15, -0.1) is 0 Å². The average molecular weight is 737 g/mol. The van der Waals surface area contributed by atoms with Crippen molar-refractivity contribution in [3.8, 4) is 44.8 Å². The molecule has 0 bridgehead atoms. The van der Waals surface area contributed by atoms with Gasteiger partial charge in [-0.1, -0.05) is 146 Å². The van der Waals surface area contributed by atoms with Crippen LogP contribution in [0, 0.1) is 0 Å². The van der Waals surface area contributed by atoms with Crippen LogP contribution in [0.5, 0.6) is 0 Å². The smallest absolute Gasteiger partial charge is 0.0541 e. The van der Waals surface area contributed by atoms with E-state index in [2.05, 4.69) is 228 Å². The summed E-state index contributed by atoms with van der Waals surface area (Å²) in [5.74, 6) is 0. The van der Waals surface area contributed by atoms with E-state index in [0.717, 1.165) is 5.69 Å². The average Bonchev–Trinajstić information content (AvgIpc) is 3.81. The maximum atomic E-state index is 2.43. The van der Waals surface area contributed by atoms with Crippen molar-refractivity contribution in [2.75, 3.05) is 0 Å². The van der Waals surface area contributed by atoms with E-state index in [9.17, 15) is 0 Å². The van der Waals surface area contributed by atoms with Crippen LogP contribution in [-0.4, -0.2) is 9.13 Å². The van der Waals surface area contributed by atoms with Crippen LogP contribution in [0.1, 0.15) is 0 Å². The summed E-state index contributed by atoms with van der Waals surface area (Å²) in [4.78, 5) is 0. The molecule has 0 aliphatic carbocycles. The predicted molar refractivity (Wildman–Crippen MR) is 246 cm³/mol. The number of nitrogens with zero attached hydrogens (tertiary/aromatic N) is 2. The van der Waals surface area contributed by atoms with E-state index in [1.807, 2.05) is 0 Å². The van der Waals surface area contributed by atoms with Gasteiger partial charge in [0.25, 0.3) is 0 Å². The van der Waals surface area contributed by atoms with Crippen molar-refractivity contribution in [3.05, 3.63) is 218 Å². The van der Waals surface area contributed by atoms with E-state index < -0.39 is 0 Å². The van der Waals surface area contributed by atoms with Gasteiger partial charge in [0.1, 0.15) is 0 Å². The number of fused-ring (bicyclic) bond motifs is 9. The Labute approximate surface area is 336 Å². The fourth-order valence-corrected chi connectivity index (χ4v) is 9.38. The highest BCUT2D eigenvalue weighted by Gasteiger charge is 2.18. The summed E-state index contributed by atoms with van der Waals surface area (Å²) >= 11 is 0. The zero-order chi connectivity index (χ0) is 38.2. The molecule has 0 saturated heterocycles. The number of rotatable bonds is 5. The van der Waals surface area contributed by atoms with E-state index in [4.69, 9.17) is 0 Å². The van der Waals surface area contributed by atoms with E-state index in [0.29, 0.717) is 0 Å². The van der Waals surface area contributed by atoms with Crippen LogP contribution in [0.15, 0.2) is 218 Å². The highest BCUT2D eigenvalue weighted by atomic mass is 15.0. The van der Waals surface area contributed by atoms with Gasteiger partial charge in [0.2, 0.25) is 0 Å². The summed E-state index contributed by atoms with van der Waals surface area (Å²) in [6.45, 7) is 0. The molecule has 0 amide bonds. The third kappa shape index (κ3) is 5.05.